The van der Waals surface area contributed by atoms with Crippen molar-refractivity contribution in [1.82, 2.24) is 0 Å². The Morgan fingerprint density at radius 2 is 2.33 bits per heavy atom. The van der Waals surface area contributed by atoms with Gasteiger partial charge in [-0.15, -0.1) is 0 Å². The Kier molecular flexibility index (Phi) is 0.979. The van der Waals surface area contributed by atoms with Crippen molar-refractivity contribution in [2.24, 2.45) is 9.98 Å². The minimum atomic E-state index is 0.356. The van der Waals surface area contributed by atoms with Gasteiger partial charge in [0.15, 0.2) is 0 Å². The second-order valence-corrected chi connectivity index (χ2v) is 2.31. The van der Waals surface area contributed by atoms with Gasteiger partial charge >= 0.3 is 0 Å². The van der Waals surface area contributed by atoms with Gasteiger partial charge in [0.1, 0.15) is 0 Å². The molecule has 0 aromatic rings. The van der Waals surface area contributed by atoms with Gasteiger partial charge in [-0.25, -0.2) is 0 Å². The van der Waals surface area contributed by atoms with Crippen LogP contribution in [0, 0.1) is 0 Å². The first-order chi connectivity index (χ1) is 4.47. The molecule has 2 nitrogen and oxygen atoms in total. The number of nitrogens with zero attached hydrogens (tertiary/aromatic N) is 2. The predicted molar refractivity (Wildman–Crippen MR) is 38.3 cm³/mol. The highest BCUT2D eigenvalue weighted by Gasteiger charge is 2.21. The molecular formula is C7H8N2. The molecule has 2 unspecified atom stereocenters. The molecule has 2 rings (SSSR count). The fraction of sp³-hybridized carbons (Fsp3) is 0.429. The monoisotopic (exact) mass is 120 g/mol. The maximum atomic E-state index is 4.25. The number of hydrogen-bond donors (Lipinski definition) is 0. The fourth-order valence-electron chi connectivity index (χ4n) is 1.18. The van der Waals surface area contributed by atoms with E-state index >= 15 is 0 Å². The molecule has 2 heterocycles. The Labute approximate surface area is 54.0 Å². The highest BCUT2D eigenvalue weighted by molar-refractivity contribution is 5.75. The molecule has 0 saturated carbocycles. The van der Waals surface area contributed by atoms with E-state index in [1.165, 1.54) is 0 Å². The molecule has 0 aromatic heterocycles. The number of dihydropyridines is 1. The zero-order valence-corrected chi connectivity index (χ0v) is 5.07. The van der Waals surface area contributed by atoms with Crippen LogP contribution in [-0.4, -0.2) is 24.5 Å². The van der Waals surface area contributed by atoms with Gasteiger partial charge in [0.2, 0.25) is 0 Å². The maximum absolute atomic E-state index is 4.25. The summed E-state index contributed by atoms with van der Waals surface area (Å²) < 4.78 is 0. The molecule has 0 amide bonds. The second-order valence-electron chi connectivity index (χ2n) is 2.31. The highest BCUT2D eigenvalue weighted by Crippen LogP contribution is 2.16. The molecule has 0 N–H and O–H groups in total. The summed E-state index contributed by atoms with van der Waals surface area (Å²) in [4.78, 5) is 8.49. The van der Waals surface area contributed by atoms with E-state index < -0.39 is 0 Å². The first kappa shape index (κ1) is 4.91. The van der Waals surface area contributed by atoms with Crippen LogP contribution in [-0.2, 0) is 0 Å². The van der Waals surface area contributed by atoms with Crippen LogP contribution in [0.25, 0.3) is 0 Å². The van der Waals surface area contributed by atoms with E-state index in [9.17, 15) is 0 Å². The van der Waals surface area contributed by atoms with Gasteiger partial charge in [-0.05, 0) is 6.08 Å². The summed E-state index contributed by atoms with van der Waals surface area (Å²) in [6.45, 7) is 0. The molecule has 2 heteroatoms. The molecule has 0 fully saturated rings. The van der Waals surface area contributed by atoms with E-state index in [1.54, 1.807) is 0 Å². The molecule has 0 bridgehead atoms. The molecule has 2 aliphatic rings. The van der Waals surface area contributed by atoms with Crippen LogP contribution in [0.2, 0.25) is 0 Å². The third kappa shape index (κ3) is 0.707. The van der Waals surface area contributed by atoms with Crippen molar-refractivity contribution in [1.29, 1.82) is 0 Å². The van der Waals surface area contributed by atoms with Crippen molar-refractivity contribution in [2.45, 2.75) is 18.5 Å². The van der Waals surface area contributed by atoms with Gasteiger partial charge in [-0.3, -0.25) is 9.98 Å². The van der Waals surface area contributed by atoms with Gasteiger partial charge in [0.05, 0.1) is 12.1 Å². The number of allylic oxidation sites excluding steroid dienone is 1. The van der Waals surface area contributed by atoms with E-state index in [1.807, 2.05) is 18.5 Å². The molecular weight excluding hydrogens is 112 g/mol. The molecule has 0 spiro atoms. The van der Waals surface area contributed by atoms with Crippen molar-refractivity contribution in [3.8, 4) is 0 Å². The summed E-state index contributed by atoms with van der Waals surface area (Å²) >= 11 is 0. The average Bonchev–Trinajstić information content (AvgIpc) is 2.33. The normalized spacial score (nSPS) is 37.3. The Morgan fingerprint density at radius 3 is 3.22 bits per heavy atom. The molecule has 2 atom stereocenters. The van der Waals surface area contributed by atoms with Gasteiger partial charge in [-0.1, -0.05) is 6.08 Å². The molecule has 9 heavy (non-hydrogen) atoms. The zero-order chi connectivity index (χ0) is 6.10. The van der Waals surface area contributed by atoms with Gasteiger partial charge < -0.3 is 0 Å². The van der Waals surface area contributed by atoms with Crippen molar-refractivity contribution < 1.29 is 0 Å². The minimum Gasteiger partial charge on any atom is -0.288 e. The van der Waals surface area contributed by atoms with Gasteiger partial charge in [0.25, 0.3) is 0 Å². The second kappa shape index (κ2) is 1.79. The minimum absolute atomic E-state index is 0.356. The van der Waals surface area contributed by atoms with Gasteiger partial charge in [-0.2, -0.15) is 0 Å². The summed E-state index contributed by atoms with van der Waals surface area (Å²) in [5, 5.41) is 0. The summed E-state index contributed by atoms with van der Waals surface area (Å²) in [5.41, 5.74) is 0. The third-order valence-electron chi connectivity index (χ3n) is 1.69. The first-order valence-corrected chi connectivity index (χ1v) is 3.18. The Balaban J connectivity index is 2.25. The lowest BCUT2D eigenvalue weighted by molar-refractivity contribution is 0.663. The van der Waals surface area contributed by atoms with Crippen LogP contribution >= 0.6 is 0 Å². The van der Waals surface area contributed by atoms with Gasteiger partial charge in [0, 0.05) is 18.9 Å². The summed E-state index contributed by atoms with van der Waals surface area (Å²) in [7, 11) is 0. The predicted octanol–water partition coefficient (Wildman–Crippen LogP) is 0.839. The van der Waals surface area contributed by atoms with Crippen LogP contribution in [0.3, 0.4) is 0 Å². The smallest absolute Gasteiger partial charge is 0.0906 e. The van der Waals surface area contributed by atoms with Crippen molar-refractivity contribution in [3.05, 3.63) is 12.2 Å². The average molecular weight is 120 g/mol. The largest absolute Gasteiger partial charge is 0.288 e. The lowest BCUT2D eigenvalue weighted by atomic mass is 10.1. The van der Waals surface area contributed by atoms with E-state index in [2.05, 4.69) is 16.1 Å². The fourth-order valence-corrected chi connectivity index (χ4v) is 1.18. The Hall–Kier alpha value is -0.920. The van der Waals surface area contributed by atoms with E-state index in [0.29, 0.717) is 12.1 Å². The van der Waals surface area contributed by atoms with Crippen LogP contribution < -0.4 is 0 Å². The Bertz CT molecular complexity index is 191. The highest BCUT2D eigenvalue weighted by atomic mass is 14.9. The topological polar surface area (TPSA) is 24.7 Å². The summed E-state index contributed by atoms with van der Waals surface area (Å²) in [5.74, 6) is 0. The van der Waals surface area contributed by atoms with Crippen LogP contribution in [0.4, 0.5) is 0 Å². The molecule has 0 saturated heterocycles. The van der Waals surface area contributed by atoms with Crippen LogP contribution in [0.1, 0.15) is 6.42 Å². The van der Waals surface area contributed by atoms with Crippen molar-refractivity contribution >= 4 is 12.4 Å². The lowest BCUT2D eigenvalue weighted by Crippen LogP contribution is -2.17. The third-order valence-corrected chi connectivity index (χ3v) is 1.69. The van der Waals surface area contributed by atoms with Crippen LogP contribution in [0.15, 0.2) is 22.1 Å². The molecule has 0 aromatic carbocycles. The maximum Gasteiger partial charge on any atom is 0.0906 e. The first-order valence-electron chi connectivity index (χ1n) is 3.18. The number of fused-ring (bicyclic) bond motifs is 1. The molecule has 2 aliphatic heterocycles. The zero-order valence-electron chi connectivity index (χ0n) is 5.07. The number of rotatable bonds is 0. The molecule has 0 radical (unpaired) electrons. The SMILES string of the molecule is C1=CC2N=CCC2N=C1. The van der Waals surface area contributed by atoms with E-state index in [4.69, 9.17) is 0 Å². The van der Waals surface area contributed by atoms with E-state index in [0.717, 1.165) is 6.42 Å². The van der Waals surface area contributed by atoms with E-state index in [-0.39, 0.29) is 0 Å². The van der Waals surface area contributed by atoms with Crippen molar-refractivity contribution in [3.63, 3.8) is 0 Å². The Morgan fingerprint density at radius 1 is 1.33 bits per heavy atom. The molecule has 0 aliphatic carbocycles. The molecule has 46 valence electrons. The standard InChI is InChI=1S/C7H8N2/c1-2-6-7(8-4-1)3-5-9-6/h1-2,4-7H,3H2. The van der Waals surface area contributed by atoms with Crippen LogP contribution in [0.5, 0.6) is 0 Å². The number of hydrogen-bond acceptors (Lipinski definition) is 2. The van der Waals surface area contributed by atoms with Crippen molar-refractivity contribution in [2.75, 3.05) is 0 Å². The summed E-state index contributed by atoms with van der Waals surface area (Å²) in [6, 6.07) is 0.782. The quantitative estimate of drug-likeness (QED) is 0.452. The number of aliphatic imine (C=N–C) groups is 2. The summed E-state index contributed by atoms with van der Waals surface area (Å²) in [6.07, 6.45) is 8.90. The lowest BCUT2D eigenvalue weighted by Gasteiger charge is -2.11.